The Morgan fingerprint density at radius 3 is 2.14 bits per heavy atom. The van der Waals surface area contributed by atoms with Crippen LogP contribution in [0.5, 0.6) is 0 Å². The van der Waals surface area contributed by atoms with Crippen LogP contribution in [0.25, 0.3) is 0 Å². The molecule has 0 atom stereocenters. The lowest BCUT2D eigenvalue weighted by Crippen LogP contribution is -2.38. The molecule has 2 aromatic rings. The highest BCUT2D eigenvalue weighted by Gasteiger charge is 2.32. The molecule has 8 nitrogen and oxygen atoms in total. The zero-order chi connectivity index (χ0) is 21.4. The van der Waals surface area contributed by atoms with Gasteiger partial charge in [-0.15, -0.1) is 0 Å². The Bertz CT molecular complexity index is 1080. The van der Waals surface area contributed by atoms with Crippen LogP contribution in [0, 0.1) is 18.6 Å². The second-order valence-corrected chi connectivity index (χ2v) is 10.8. The predicted octanol–water partition coefficient (Wildman–Crippen LogP) is 1.23. The highest BCUT2D eigenvalue weighted by Crippen LogP contribution is 2.20. The van der Waals surface area contributed by atoms with Gasteiger partial charge >= 0.3 is 0 Å². The van der Waals surface area contributed by atoms with E-state index >= 15 is 0 Å². The van der Waals surface area contributed by atoms with Gasteiger partial charge in [0.15, 0.2) is 5.03 Å². The fourth-order valence-corrected chi connectivity index (χ4v) is 6.20. The Labute approximate surface area is 168 Å². The van der Waals surface area contributed by atoms with E-state index in [4.69, 9.17) is 0 Å². The summed E-state index contributed by atoms with van der Waals surface area (Å²) < 4.78 is 81.7. The molecule has 1 aliphatic heterocycles. The molecule has 1 fully saturated rings. The van der Waals surface area contributed by atoms with Gasteiger partial charge in [0, 0.05) is 45.5 Å². The molecule has 0 bridgehead atoms. The number of hydrogen-bond donors (Lipinski definition) is 0. The number of imidazole rings is 1. The summed E-state index contributed by atoms with van der Waals surface area (Å²) >= 11 is 0. The summed E-state index contributed by atoms with van der Waals surface area (Å²) in [6.07, 6.45) is 1.71. The first kappa shape index (κ1) is 21.8. The van der Waals surface area contributed by atoms with Crippen molar-refractivity contribution in [3.63, 3.8) is 0 Å². The maximum absolute atomic E-state index is 13.4. The molecular weight excluding hydrogens is 426 g/mol. The summed E-state index contributed by atoms with van der Waals surface area (Å²) in [5, 5.41) is -0.0796. The van der Waals surface area contributed by atoms with Crippen LogP contribution in [-0.2, 0) is 32.8 Å². The number of halogens is 2. The van der Waals surface area contributed by atoms with Gasteiger partial charge in [-0.05, 0) is 31.0 Å². The normalized spacial score (nSPS) is 17.4. The summed E-state index contributed by atoms with van der Waals surface area (Å²) in [6, 6.07) is 2.61. The van der Waals surface area contributed by atoms with Gasteiger partial charge in [0.05, 0.1) is 5.75 Å². The average molecular weight is 449 g/mol. The van der Waals surface area contributed by atoms with Gasteiger partial charge in [0.1, 0.15) is 17.5 Å². The third kappa shape index (κ3) is 4.82. The standard InChI is InChI=1S/C17H22F2N4O4S2/c1-13-20-17(11-21(13)2)29(26,27)23-5-3-4-22(6-7-23)28(24,25)12-14-8-15(18)10-16(19)9-14/h8-11H,3-7,12H2,1-2H3. The first-order valence-electron chi connectivity index (χ1n) is 8.92. The van der Waals surface area contributed by atoms with E-state index in [1.165, 1.54) is 10.5 Å². The first-order valence-corrected chi connectivity index (χ1v) is 12.0. The summed E-state index contributed by atoms with van der Waals surface area (Å²) in [5.41, 5.74) is 0.000172. The van der Waals surface area contributed by atoms with Gasteiger partial charge in [-0.25, -0.2) is 34.9 Å². The lowest BCUT2D eigenvalue weighted by molar-refractivity contribution is 0.403. The smallest absolute Gasteiger partial charge is 0.262 e. The van der Waals surface area contributed by atoms with Gasteiger partial charge in [-0.1, -0.05) is 0 Å². The molecule has 29 heavy (non-hydrogen) atoms. The molecule has 0 aliphatic carbocycles. The Balaban J connectivity index is 1.75. The molecule has 3 rings (SSSR count). The second-order valence-electron chi connectivity index (χ2n) is 6.93. The molecule has 1 aliphatic rings. The largest absolute Gasteiger partial charge is 0.337 e. The van der Waals surface area contributed by atoms with Crippen LogP contribution in [0.4, 0.5) is 8.78 Å². The number of benzene rings is 1. The zero-order valence-electron chi connectivity index (χ0n) is 16.0. The van der Waals surface area contributed by atoms with Crippen molar-refractivity contribution in [1.82, 2.24) is 18.2 Å². The fourth-order valence-electron chi connectivity index (χ4n) is 3.17. The third-order valence-electron chi connectivity index (χ3n) is 4.77. The molecule has 1 saturated heterocycles. The van der Waals surface area contributed by atoms with Crippen molar-refractivity contribution in [2.24, 2.45) is 7.05 Å². The monoisotopic (exact) mass is 448 g/mol. The first-order chi connectivity index (χ1) is 13.5. The zero-order valence-corrected chi connectivity index (χ0v) is 17.7. The van der Waals surface area contributed by atoms with E-state index in [1.807, 2.05) is 0 Å². The maximum Gasteiger partial charge on any atom is 0.262 e. The number of aryl methyl sites for hydroxylation is 2. The number of sulfonamides is 2. The van der Waals surface area contributed by atoms with Crippen molar-refractivity contribution in [3.8, 4) is 0 Å². The minimum atomic E-state index is -3.87. The Morgan fingerprint density at radius 2 is 1.55 bits per heavy atom. The summed E-state index contributed by atoms with van der Waals surface area (Å²) in [6.45, 7) is 1.87. The maximum atomic E-state index is 13.4. The van der Waals surface area contributed by atoms with Crippen LogP contribution in [-0.4, -0.2) is 61.2 Å². The van der Waals surface area contributed by atoms with Crippen molar-refractivity contribution in [2.45, 2.75) is 24.1 Å². The van der Waals surface area contributed by atoms with Crippen molar-refractivity contribution in [1.29, 1.82) is 0 Å². The highest BCUT2D eigenvalue weighted by molar-refractivity contribution is 7.89. The number of aromatic nitrogens is 2. The minimum absolute atomic E-state index is 0.000172. The molecule has 0 unspecified atom stereocenters. The molecule has 0 amide bonds. The van der Waals surface area contributed by atoms with Crippen molar-refractivity contribution in [2.75, 3.05) is 26.2 Å². The molecule has 2 heterocycles. The summed E-state index contributed by atoms with van der Waals surface area (Å²) in [5.74, 6) is -1.72. The molecule has 160 valence electrons. The van der Waals surface area contributed by atoms with Crippen LogP contribution in [0.15, 0.2) is 29.4 Å². The predicted molar refractivity (Wildman–Crippen MR) is 102 cm³/mol. The van der Waals surface area contributed by atoms with Gasteiger partial charge < -0.3 is 4.57 Å². The molecule has 0 spiro atoms. The van der Waals surface area contributed by atoms with Crippen molar-refractivity contribution < 1.29 is 25.6 Å². The Kier molecular flexibility index (Phi) is 6.08. The van der Waals surface area contributed by atoms with Gasteiger partial charge in [-0.2, -0.15) is 4.31 Å². The van der Waals surface area contributed by atoms with Crippen LogP contribution >= 0.6 is 0 Å². The molecule has 0 radical (unpaired) electrons. The summed E-state index contributed by atoms with van der Waals surface area (Å²) in [7, 11) is -6.03. The van der Waals surface area contributed by atoms with E-state index in [-0.39, 0.29) is 36.8 Å². The molecular formula is C17H22F2N4O4S2. The van der Waals surface area contributed by atoms with E-state index in [9.17, 15) is 25.6 Å². The molecule has 0 N–H and O–H groups in total. The van der Waals surface area contributed by atoms with Gasteiger partial charge in [0.2, 0.25) is 10.0 Å². The lowest BCUT2D eigenvalue weighted by atomic mass is 10.2. The second kappa shape index (κ2) is 8.09. The fraction of sp³-hybridized carbons (Fsp3) is 0.471. The van der Waals surface area contributed by atoms with E-state index in [0.29, 0.717) is 18.3 Å². The van der Waals surface area contributed by atoms with Crippen LogP contribution < -0.4 is 0 Å². The van der Waals surface area contributed by atoms with E-state index in [0.717, 1.165) is 16.4 Å². The average Bonchev–Trinajstić information content (AvgIpc) is 2.82. The molecule has 1 aromatic heterocycles. The lowest BCUT2D eigenvalue weighted by Gasteiger charge is -2.21. The number of nitrogens with zero attached hydrogens (tertiary/aromatic N) is 4. The van der Waals surface area contributed by atoms with Crippen LogP contribution in [0.3, 0.4) is 0 Å². The molecule has 1 aromatic carbocycles. The van der Waals surface area contributed by atoms with Crippen LogP contribution in [0.1, 0.15) is 17.8 Å². The Hall–Kier alpha value is -1.89. The third-order valence-corrected chi connectivity index (χ3v) is 8.39. The van der Waals surface area contributed by atoms with Crippen molar-refractivity contribution >= 4 is 20.0 Å². The van der Waals surface area contributed by atoms with Gasteiger partial charge in [0.25, 0.3) is 10.0 Å². The Morgan fingerprint density at radius 1 is 0.966 bits per heavy atom. The number of rotatable bonds is 5. The van der Waals surface area contributed by atoms with E-state index in [1.54, 1.807) is 18.5 Å². The van der Waals surface area contributed by atoms with Crippen LogP contribution in [0.2, 0.25) is 0 Å². The minimum Gasteiger partial charge on any atom is -0.337 e. The molecule has 0 saturated carbocycles. The van der Waals surface area contributed by atoms with E-state index < -0.39 is 37.4 Å². The van der Waals surface area contributed by atoms with Crippen molar-refractivity contribution in [3.05, 3.63) is 47.4 Å². The molecule has 12 heteroatoms. The quantitative estimate of drug-likeness (QED) is 0.686. The van der Waals surface area contributed by atoms with E-state index in [2.05, 4.69) is 4.98 Å². The number of hydrogen-bond acceptors (Lipinski definition) is 5. The SMILES string of the molecule is Cc1nc(S(=O)(=O)N2CCCN(S(=O)(=O)Cc3cc(F)cc(F)c3)CC2)cn1C. The highest BCUT2D eigenvalue weighted by atomic mass is 32.2. The summed E-state index contributed by atoms with van der Waals surface area (Å²) in [4.78, 5) is 4.06. The topological polar surface area (TPSA) is 92.6 Å². The van der Waals surface area contributed by atoms with Gasteiger partial charge in [-0.3, -0.25) is 0 Å².